The molecule has 7 heteroatoms. The van der Waals surface area contributed by atoms with Crippen molar-refractivity contribution in [3.63, 3.8) is 0 Å². The summed E-state index contributed by atoms with van der Waals surface area (Å²) in [6.07, 6.45) is 3.11. The maximum absolute atomic E-state index is 13.2. The molecule has 27 heavy (non-hydrogen) atoms. The molecule has 2 aliphatic heterocycles. The van der Waals surface area contributed by atoms with E-state index in [1.165, 1.54) is 11.8 Å². The van der Waals surface area contributed by atoms with E-state index in [4.69, 9.17) is 4.74 Å². The topological polar surface area (TPSA) is 83.9 Å². The summed E-state index contributed by atoms with van der Waals surface area (Å²) < 4.78 is 5.64. The number of hydrogen-bond acceptors (Lipinski definition) is 5. The SMILES string of the molecule is CS[C@@H]1C(C(=O)c2ccc(C)cc2)=C(CC(=O)O)C(=O)N1C[C@H]1CCCO1. The zero-order valence-corrected chi connectivity index (χ0v) is 16.3. The third-order valence-corrected chi connectivity index (χ3v) is 5.84. The third kappa shape index (κ3) is 4.09. The van der Waals surface area contributed by atoms with Crippen LogP contribution in [0.5, 0.6) is 0 Å². The van der Waals surface area contributed by atoms with Crippen LogP contribution in [-0.2, 0) is 14.3 Å². The Morgan fingerprint density at radius 3 is 2.56 bits per heavy atom. The maximum atomic E-state index is 13.2. The van der Waals surface area contributed by atoms with Crippen LogP contribution < -0.4 is 0 Å². The Kier molecular flexibility index (Phi) is 6.01. The van der Waals surface area contributed by atoms with E-state index in [-0.39, 0.29) is 28.9 Å². The van der Waals surface area contributed by atoms with Crippen LogP contribution in [0.15, 0.2) is 35.4 Å². The van der Waals surface area contributed by atoms with Crippen molar-refractivity contribution in [2.24, 2.45) is 0 Å². The molecular weight excluding hydrogens is 366 g/mol. The summed E-state index contributed by atoms with van der Waals surface area (Å²) in [6.45, 7) is 2.97. The normalized spacial score (nSPS) is 22.6. The summed E-state index contributed by atoms with van der Waals surface area (Å²) in [5.74, 6) is -1.78. The highest BCUT2D eigenvalue weighted by Crippen LogP contribution is 2.36. The van der Waals surface area contributed by atoms with E-state index >= 15 is 0 Å². The number of carbonyl (C=O) groups is 3. The summed E-state index contributed by atoms with van der Waals surface area (Å²) in [5.41, 5.74) is 1.86. The molecule has 0 aliphatic carbocycles. The van der Waals surface area contributed by atoms with Crippen LogP contribution in [0, 0.1) is 6.92 Å². The lowest BCUT2D eigenvalue weighted by molar-refractivity contribution is -0.137. The fourth-order valence-electron chi connectivity index (χ4n) is 3.56. The molecule has 144 valence electrons. The quantitative estimate of drug-likeness (QED) is 0.722. The van der Waals surface area contributed by atoms with Crippen molar-refractivity contribution in [1.82, 2.24) is 4.90 Å². The molecule has 0 radical (unpaired) electrons. The van der Waals surface area contributed by atoms with Gasteiger partial charge in [-0.1, -0.05) is 29.8 Å². The number of carboxylic acids is 1. The minimum absolute atomic E-state index is 0.0662. The van der Waals surface area contributed by atoms with Gasteiger partial charge in [-0.25, -0.2) is 0 Å². The molecule has 0 spiro atoms. The Morgan fingerprint density at radius 2 is 2.00 bits per heavy atom. The largest absolute Gasteiger partial charge is 0.481 e. The number of rotatable bonds is 7. The summed E-state index contributed by atoms with van der Waals surface area (Å²) in [6, 6.07) is 7.10. The van der Waals surface area contributed by atoms with Gasteiger partial charge in [0, 0.05) is 29.9 Å². The van der Waals surface area contributed by atoms with Crippen molar-refractivity contribution in [2.45, 2.75) is 37.7 Å². The van der Waals surface area contributed by atoms with Gasteiger partial charge in [-0.15, -0.1) is 11.8 Å². The van der Waals surface area contributed by atoms with Gasteiger partial charge in [0.05, 0.1) is 12.5 Å². The van der Waals surface area contributed by atoms with E-state index in [0.717, 1.165) is 18.4 Å². The third-order valence-electron chi connectivity index (χ3n) is 4.91. The summed E-state index contributed by atoms with van der Waals surface area (Å²) in [7, 11) is 0. The van der Waals surface area contributed by atoms with Gasteiger partial charge in [0.15, 0.2) is 5.78 Å². The van der Waals surface area contributed by atoms with Crippen LogP contribution in [-0.4, -0.2) is 58.6 Å². The van der Waals surface area contributed by atoms with Gasteiger partial charge >= 0.3 is 5.97 Å². The van der Waals surface area contributed by atoms with Gasteiger partial charge in [0.1, 0.15) is 5.37 Å². The number of Topliss-reactive ketones (excluding diaryl/α,β-unsaturated/α-hetero) is 1. The van der Waals surface area contributed by atoms with Crippen molar-refractivity contribution in [3.8, 4) is 0 Å². The van der Waals surface area contributed by atoms with Crippen molar-refractivity contribution < 1.29 is 24.2 Å². The van der Waals surface area contributed by atoms with Crippen molar-refractivity contribution >= 4 is 29.4 Å². The number of hydrogen-bond donors (Lipinski definition) is 1. The van der Waals surface area contributed by atoms with Crippen molar-refractivity contribution in [1.29, 1.82) is 0 Å². The molecule has 1 N–H and O–H groups in total. The Labute approximate surface area is 162 Å². The van der Waals surface area contributed by atoms with Gasteiger partial charge in [-0.2, -0.15) is 0 Å². The monoisotopic (exact) mass is 389 g/mol. The number of carbonyl (C=O) groups excluding carboxylic acids is 2. The Balaban J connectivity index is 1.97. The average Bonchev–Trinajstić information content (AvgIpc) is 3.23. The first-order chi connectivity index (χ1) is 12.9. The molecule has 1 aromatic rings. The minimum atomic E-state index is -1.12. The molecule has 1 aromatic carbocycles. The smallest absolute Gasteiger partial charge is 0.308 e. The van der Waals surface area contributed by atoms with Gasteiger partial charge in [0.25, 0.3) is 5.91 Å². The lowest BCUT2D eigenvalue weighted by Crippen LogP contribution is -2.40. The second kappa shape index (κ2) is 8.27. The second-order valence-electron chi connectivity index (χ2n) is 6.84. The number of nitrogens with zero attached hydrogens (tertiary/aromatic N) is 1. The molecule has 0 aromatic heterocycles. The average molecular weight is 389 g/mol. The number of ether oxygens (including phenoxy) is 1. The number of aliphatic carboxylic acids is 1. The molecule has 3 rings (SSSR count). The molecule has 0 saturated carbocycles. The maximum Gasteiger partial charge on any atom is 0.308 e. The first-order valence-corrected chi connectivity index (χ1v) is 10.2. The van der Waals surface area contributed by atoms with E-state index in [2.05, 4.69) is 0 Å². The van der Waals surface area contributed by atoms with Crippen LogP contribution >= 0.6 is 11.8 Å². The highest BCUT2D eigenvalue weighted by atomic mass is 32.2. The standard InChI is InChI=1S/C20H23NO5S/c1-12-5-7-13(8-6-12)18(24)17-15(10-16(22)23)19(25)21(20(17)27-2)11-14-4-3-9-26-14/h5-8,14,20H,3-4,9-11H2,1-2H3,(H,22,23)/t14-,20-/m1/s1. The van der Waals surface area contributed by atoms with Gasteiger partial charge in [-0.3, -0.25) is 14.4 Å². The van der Waals surface area contributed by atoms with Gasteiger partial charge in [0.2, 0.25) is 0 Å². The molecule has 1 fully saturated rings. The zero-order valence-electron chi connectivity index (χ0n) is 15.4. The van der Waals surface area contributed by atoms with Crippen molar-refractivity contribution in [3.05, 3.63) is 46.5 Å². The van der Waals surface area contributed by atoms with Crippen LogP contribution in [0.3, 0.4) is 0 Å². The first kappa shape index (κ1) is 19.6. The molecule has 2 aliphatic rings. The molecule has 0 bridgehead atoms. The molecule has 1 saturated heterocycles. The number of benzene rings is 1. The molecule has 6 nitrogen and oxygen atoms in total. The van der Waals surface area contributed by atoms with Crippen LogP contribution in [0.4, 0.5) is 0 Å². The fourth-order valence-corrected chi connectivity index (χ4v) is 4.48. The second-order valence-corrected chi connectivity index (χ2v) is 7.76. The number of aryl methyl sites for hydroxylation is 1. The number of carboxylic acid groups (broad SMARTS) is 1. The van der Waals surface area contributed by atoms with Gasteiger partial charge < -0.3 is 14.7 Å². The molecular formula is C20H23NO5S. The van der Waals surface area contributed by atoms with E-state index in [9.17, 15) is 19.5 Å². The number of ketones is 1. The highest BCUT2D eigenvalue weighted by molar-refractivity contribution is 7.99. The van der Waals surface area contributed by atoms with E-state index in [1.807, 2.05) is 25.3 Å². The van der Waals surface area contributed by atoms with E-state index < -0.39 is 17.8 Å². The molecule has 1 amide bonds. The van der Waals surface area contributed by atoms with Crippen LogP contribution in [0.25, 0.3) is 0 Å². The van der Waals surface area contributed by atoms with Crippen LogP contribution in [0.2, 0.25) is 0 Å². The Bertz CT molecular complexity index is 780. The summed E-state index contributed by atoms with van der Waals surface area (Å²) in [5, 5.41) is 8.78. The molecule has 2 atom stereocenters. The lowest BCUT2D eigenvalue weighted by atomic mass is 9.98. The zero-order chi connectivity index (χ0) is 19.6. The first-order valence-electron chi connectivity index (χ1n) is 8.94. The summed E-state index contributed by atoms with van der Waals surface area (Å²) >= 11 is 1.37. The van der Waals surface area contributed by atoms with E-state index in [1.54, 1.807) is 17.0 Å². The predicted octanol–water partition coefficient (Wildman–Crippen LogP) is 2.66. The van der Waals surface area contributed by atoms with Crippen LogP contribution in [0.1, 0.15) is 35.2 Å². The lowest BCUT2D eigenvalue weighted by Gasteiger charge is -2.27. The number of amides is 1. The molecule has 0 unspecified atom stereocenters. The molecule has 2 heterocycles. The Morgan fingerprint density at radius 1 is 1.30 bits per heavy atom. The van der Waals surface area contributed by atoms with E-state index in [0.29, 0.717) is 18.7 Å². The van der Waals surface area contributed by atoms with Crippen molar-refractivity contribution in [2.75, 3.05) is 19.4 Å². The van der Waals surface area contributed by atoms with Gasteiger partial charge in [-0.05, 0) is 26.0 Å². The Hall–Kier alpha value is -2.12. The highest BCUT2D eigenvalue weighted by Gasteiger charge is 2.43. The predicted molar refractivity (Wildman–Crippen MR) is 103 cm³/mol. The minimum Gasteiger partial charge on any atom is -0.481 e. The summed E-state index contributed by atoms with van der Waals surface area (Å²) in [4.78, 5) is 39.1. The number of thioether (sulfide) groups is 1. The fraction of sp³-hybridized carbons (Fsp3) is 0.450.